The van der Waals surface area contributed by atoms with Gasteiger partial charge in [-0.25, -0.2) is 0 Å². The van der Waals surface area contributed by atoms with Gasteiger partial charge in [0.1, 0.15) is 5.75 Å². The maximum absolute atomic E-state index is 11.9. The lowest BCUT2D eigenvalue weighted by Gasteiger charge is -2.18. The molecule has 0 saturated heterocycles. The summed E-state index contributed by atoms with van der Waals surface area (Å²) in [6, 6.07) is 7.25. The Bertz CT molecular complexity index is 414. The van der Waals surface area contributed by atoms with Gasteiger partial charge in [-0.15, -0.1) is 0 Å². The molecule has 0 radical (unpaired) electrons. The summed E-state index contributed by atoms with van der Waals surface area (Å²) >= 11 is 5.79. The van der Waals surface area contributed by atoms with Crippen LogP contribution in [-0.4, -0.2) is 18.1 Å². The molecule has 1 aromatic carbocycles. The highest BCUT2D eigenvalue weighted by atomic mass is 35.5. The van der Waals surface area contributed by atoms with Crippen LogP contribution in [0.3, 0.4) is 0 Å². The number of amides is 1. The van der Waals surface area contributed by atoms with Crippen molar-refractivity contribution < 1.29 is 9.53 Å². The fraction of sp³-hybridized carbons (Fsp3) is 0.500. The Hall–Kier alpha value is -1.22. The van der Waals surface area contributed by atoms with Gasteiger partial charge in [0.2, 0.25) is 0 Å². The summed E-state index contributed by atoms with van der Waals surface area (Å²) in [6.07, 6.45) is 1.94. The van der Waals surface area contributed by atoms with Crippen LogP contribution in [-0.2, 0) is 4.79 Å². The zero-order chi connectivity index (χ0) is 13.1. The number of ether oxygens (including phenoxy) is 1. The molecular weight excluding hydrogens is 250 g/mol. The molecule has 0 aliphatic heterocycles. The monoisotopic (exact) mass is 267 g/mol. The maximum Gasteiger partial charge on any atom is 0.260 e. The first-order valence-corrected chi connectivity index (χ1v) is 6.66. The summed E-state index contributed by atoms with van der Waals surface area (Å²) in [7, 11) is 0. The van der Waals surface area contributed by atoms with Crippen molar-refractivity contribution in [1.29, 1.82) is 0 Å². The Kier molecular flexibility index (Phi) is 4.12. The van der Waals surface area contributed by atoms with Crippen molar-refractivity contribution in [3.63, 3.8) is 0 Å². The Morgan fingerprint density at radius 2 is 1.94 bits per heavy atom. The fourth-order valence-electron chi connectivity index (χ4n) is 1.83. The highest BCUT2D eigenvalue weighted by molar-refractivity contribution is 6.30. The van der Waals surface area contributed by atoms with Crippen LogP contribution >= 0.6 is 11.6 Å². The van der Waals surface area contributed by atoms with Crippen LogP contribution in [0.2, 0.25) is 5.02 Å². The highest BCUT2D eigenvalue weighted by Gasteiger charge is 2.30. The average Bonchev–Trinajstić information content (AvgIpc) is 3.16. The van der Waals surface area contributed by atoms with Crippen LogP contribution in [0.5, 0.6) is 5.75 Å². The van der Waals surface area contributed by atoms with E-state index in [1.807, 2.05) is 6.92 Å². The van der Waals surface area contributed by atoms with E-state index in [9.17, 15) is 4.79 Å². The van der Waals surface area contributed by atoms with E-state index in [2.05, 4.69) is 5.32 Å². The first-order chi connectivity index (χ1) is 8.56. The molecule has 0 bridgehead atoms. The van der Waals surface area contributed by atoms with E-state index in [0.717, 1.165) is 0 Å². The molecule has 2 unspecified atom stereocenters. The molecule has 4 heteroatoms. The van der Waals surface area contributed by atoms with Crippen molar-refractivity contribution in [2.45, 2.75) is 38.8 Å². The Morgan fingerprint density at radius 1 is 1.33 bits per heavy atom. The van der Waals surface area contributed by atoms with Crippen LogP contribution in [0.25, 0.3) is 0 Å². The number of benzene rings is 1. The molecular formula is C14H18ClNO2. The molecule has 1 fully saturated rings. The number of hydrogen-bond donors (Lipinski definition) is 1. The van der Waals surface area contributed by atoms with E-state index < -0.39 is 6.10 Å². The number of carbonyl (C=O) groups is 1. The third-order valence-corrected chi connectivity index (χ3v) is 3.45. The van der Waals surface area contributed by atoms with Crippen molar-refractivity contribution >= 4 is 17.5 Å². The van der Waals surface area contributed by atoms with Crippen LogP contribution in [0.4, 0.5) is 0 Å². The summed E-state index contributed by atoms with van der Waals surface area (Å²) < 4.78 is 5.56. The largest absolute Gasteiger partial charge is 0.481 e. The molecule has 1 N–H and O–H groups in total. The number of carbonyl (C=O) groups excluding carboxylic acids is 1. The van der Waals surface area contributed by atoms with Crippen molar-refractivity contribution in [2.75, 3.05) is 0 Å². The minimum Gasteiger partial charge on any atom is -0.481 e. The van der Waals surface area contributed by atoms with E-state index in [4.69, 9.17) is 16.3 Å². The van der Waals surface area contributed by atoms with Gasteiger partial charge in [-0.3, -0.25) is 4.79 Å². The molecule has 0 heterocycles. The second-order valence-corrected chi connectivity index (χ2v) is 5.29. The van der Waals surface area contributed by atoms with Gasteiger partial charge in [0.05, 0.1) is 0 Å². The molecule has 1 saturated carbocycles. The van der Waals surface area contributed by atoms with E-state index in [1.54, 1.807) is 31.2 Å². The Morgan fingerprint density at radius 3 is 2.50 bits per heavy atom. The van der Waals surface area contributed by atoms with Crippen molar-refractivity contribution in [3.05, 3.63) is 29.3 Å². The second kappa shape index (κ2) is 5.61. The number of rotatable bonds is 5. The van der Waals surface area contributed by atoms with E-state index in [0.29, 0.717) is 16.7 Å². The summed E-state index contributed by atoms with van der Waals surface area (Å²) in [4.78, 5) is 11.9. The molecule has 0 spiro atoms. The predicted molar refractivity (Wildman–Crippen MR) is 71.9 cm³/mol. The second-order valence-electron chi connectivity index (χ2n) is 4.85. The lowest BCUT2D eigenvalue weighted by atomic mass is 10.2. The smallest absolute Gasteiger partial charge is 0.260 e. The molecule has 18 heavy (non-hydrogen) atoms. The summed E-state index contributed by atoms with van der Waals surface area (Å²) in [6.45, 7) is 3.80. The summed E-state index contributed by atoms with van der Waals surface area (Å²) in [5.41, 5.74) is 0. The average molecular weight is 268 g/mol. The minimum absolute atomic E-state index is 0.0654. The molecule has 1 amide bonds. The molecule has 1 aliphatic rings. The molecule has 1 aromatic rings. The molecule has 2 atom stereocenters. The van der Waals surface area contributed by atoms with Crippen LogP contribution in [0.15, 0.2) is 24.3 Å². The van der Waals surface area contributed by atoms with Gasteiger partial charge < -0.3 is 10.1 Å². The molecule has 1 aliphatic carbocycles. The molecule has 0 aromatic heterocycles. The summed E-state index contributed by atoms with van der Waals surface area (Å²) in [5.74, 6) is 1.24. The quantitative estimate of drug-likeness (QED) is 0.891. The molecule has 3 nitrogen and oxygen atoms in total. The third-order valence-electron chi connectivity index (χ3n) is 3.19. The lowest BCUT2D eigenvalue weighted by Crippen LogP contribution is -2.42. The van der Waals surface area contributed by atoms with Gasteiger partial charge in [-0.05, 0) is 56.9 Å². The topological polar surface area (TPSA) is 38.3 Å². The van der Waals surface area contributed by atoms with E-state index >= 15 is 0 Å². The minimum atomic E-state index is -0.493. The van der Waals surface area contributed by atoms with Gasteiger partial charge in [-0.1, -0.05) is 11.6 Å². The van der Waals surface area contributed by atoms with Crippen LogP contribution < -0.4 is 10.1 Å². The Labute approximate surface area is 112 Å². The van der Waals surface area contributed by atoms with Gasteiger partial charge in [0.15, 0.2) is 6.10 Å². The normalized spacial score (nSPS) is 17.9. The van der Waals surface area contributed by atoms with Gasteiger partial charge in [-0.2, -0.15) is 0 Å². The van der Waals surface area contributed by atoms with Crippen LogP contribution in [0.1, 0.15) is 26.7 Å². The number of halogens is 1. The first-order valence-electron chi connectivity index (χ1n) is 6.29. The van der Waals surface area contributed by atoms with Gasteiger partial charge in [0.25, 0.3) is 5.91 Å². The third kappa shape index (κ3) is 3.64. The van der Waals surface area contributed by atoms with E-state index in [1.165, 1.54) is 12.8 Å². The van der Waals surface area contributed by atoms with E-state index in [-0.39, 0.29) is 11.9 Å². The van der Waals surface area contributed by atoms with Crippen molar-refractivity contribution in [3.8, 4) is 5.75 Å². The predicted octanol–water partition coefficient (Wildman–Crippen LogP) is 3.02. The highest BCUT2D eigenvalue weighted by Crippen LogP contribution is 2.32. The van der Waals surface area contributed by atoms with Crippen LogP contribution in [0, 0.1) is 5.92 Å². The fourth-order valence-corrected chi connectivity index (χ4v) is 1.95. The van der Waals surface area contributed by atoms with Gasteiger partial charge in [0, 0.05) is 11.1 Å². The number of hydrogen-bond acceptors (Lipinski definition) is 2. The molecule has 98 valence electrons. The SMILES string of the molecule is CC(Oc1ccc(Cl)cc1)C(=O)NC(C)C1CC1. The van der Waals surface area contributed by atoms with Crippen molar-refractivity contribution in [2.24, 2.45) is 5.92 Å². The first kappa shape index (κ1) is 13.2. The standard InChI is InChI=1S/C14H18ClNO2/c1-9(11-3-4-11)16-14(17)10(2)18-13-7-5-12(15)6-8-13/h5-11H,3-4H2,1-2H3,(H,16,17). The lowest BCUT2D eigenvalue weighted by molar-refractivity contribution is -0.128. The number of nitrogens with one attached hydrogen (secondary N) is 1. The van der Waals surface area contributed by atoms with Crippen molar-refractivity contribution in [1.82, 2.24) is 5.32 Å². The zero-order valence-corrected chi connectivity index (χ0v) is 11.4. The van der Waals surface area contributed by atoms with Gasteiger partial charge >= 0.3 is 0 Å². The summed E-state index contributed by atoms with van der Waals surface area (Å²) in [5, 5.41) is 3.64. The Balaban J connectivity index is 1.84. The zero-order valence-electron chi connectivity index (χ0n) is 10.7. The molecule has 2 rings (SSSR count). The maximum atomic E-state index is 11.9.